The molecule has 1 aromatic rings. The Balaban J connectivity index is 2.53. The van der Waals surface area contributed by atoms with Crippen LogP contribution in [0.5, 0.6) is 0 Å². The lowest BCUT2D eigenvalue weighted by Gasteiger charge is -2.14. The van der Waals surface area contributed by atoms with E-state index in [1.54, 1.807) is 13.0 Å². The Morgan fingerprint density at radius 2 is 1.94 bits per heavy atom. The first-order valence-electron chi connectivity index (χ1n) is 5.35. The Morgan fingerprint density at radius 1 is 1.29 bits per heavy atom. The summed E-state index contributed by atoms with van der Waals surface area (Å²) in [6.45, 7) is 1.72. The predicted molar refractivity (Wildman–Crippen MR) is 58.1 cm³/mol. The van der Waals surface area contributed by atoms with Gasteiger partial charge in [-0.3, -0.25) is 0 Å². The number of hydrogen-bond acceptors (Lipinski definition) is 1. The van der Waals surface area contributed by atoms with E-state index in [0.717, 1.165) is 5.56 Å². The maximum atomic E-state index is 12.8. The van der Waals surface area contributed by atoms with Crippen molar-refractivity contribution < 1.29 is 17.6 Å². The maximum Gasteiger partial charge on any atom is 0.389 e. The lowest BCUT2D eigenvalue weighted by molar-refractivity contribution is -0.136. The molecule has 0 radical (unpaired) electrons. The third-order valence-corrected chi connectivity index (χ3v) is 2.59. The third kappa shape index (κ3) is 5.17. The van der Waals surface area contributed by atoms with Crippen LogP contribution in [-0.4, -0.2) is 12.2 Å². The van der Waals surface area contributed by atoms with Crippen molar-refractivity contribution in [1.29, 1.82) is 0 Å². The first-order chi connectivity index (χ1) is 7.78. The van der Waals surface area contributed by atoms with Gasteiger partial charge in [-0.15, -0.1) is 0 Å². The lowest BCUT2D eigenvalue weighted by Crippen LogP contribution is -2.25. The summed E-state index contributed by atoms with van der Waals surface area (Å²) in [6, 6.07) is 3.66. The number of hydrogen-bond donors (Lipinski definition) is 1. The molecule has 0 aliphatic heterocycles. The second-order valence-corrected chi connectivity index (χ2v) is 4.19. The smallest absolute Gasteiger partial charge is 0.327 e. The largest absolute Gasteiger partial charge is 0.389 e. The molecule has 96 valence electrons. The summed E-state index contributed by atoms with van der Waals surface area (Å²) < 4.78 is 48.8. The zero-order chi connectivity index (χ0) is 13.1. The van der Waals surface area contributed by atoms with E-state index in [9.17, 15) is 17.6 Å². The molecule has 2 N–H and O–H groups in total. The van der Waals surface area contributed by atoms with Crippen LogP contribution in [0.2, 0.25) is 0 Å². The molecule has 1 atom stereocenters. The molecule has 0 saturated carbocycles. The molecule has 0 bridgehead atoms. The van der Waals surface area contributed by atoms with E-state index in [1.807, 2.05) is 0 Å². The average molecular weight is 249 g/mol. The second-order valence-electron chi connectivity index (χ2n) is 4.19. The molecule has 0 spiro atoms. The molecule has 5 heteroatoms. The van der Waals surface area contributed by atoms with Crippen molar-refractivity contribution in [1.82, 2.24) is 0 Å². The summed E-state index contributed by atoms with van der Waals surface area (Å²) in [5.74, 6) is -0.352. The fourth-order valence-corrected chi connectivity index (χ4v) is 1.62. The Bertz CT molecular complexity index is 373. The van der Waals surface area contributed by atoms with Crippen LogP contribution in [0.4, 0.5) is 17.6 Å². The fourth-order valence-electron chi connectivity index (χ4n) is 1.62. The van der Waals surface area contributed by atoms with Gasteiger partial charge in [-0.1, -0.05) is 6.07 Å². The first kappa shape index (κ1) is 14.0. The van der Waals surface area contributed by atoms with Crippen LogP contribution >= 0.6 is 0 Å². The maximum absolute atomic E-state index is 12.8. The van der Waals surface area contributed by atoms with Crippen LogP contribution in [0.1, 0.15) is 24.0 Å². The van der Waals surface area contributed by atoms with E-state index in [0.29, 0.717) is 12.0 Å². The molecule has 0 heterocycles. The van der Waals surface area contributed by atoms with Crippen molar-refractivity contribution >= 4 is 0 Å². The molecule has 0 saturated heterocycles. The summed E-state index contributed by atoms with van der Waals surface area (Å²) in [7, 11) is 0. The van der Waals surface area contributed by atoms with Crippen LogP contribution < -0.4 is 5.73 Å². The van der Waals surface area contributed by atoms with Crippen molar-refractivity contribution in [3.8, 4) is 0 Å². The molecule has 1 unspecified atom stereocenters. The minimum atomic E-state index is -4.17. The number of halogens is 4. The highest BCUT2D eigenvalue weighted by atomic mass is 19.4. The molecular formula is C12H15F4N. The fraction of sp³-hybridized carbons (Fsp3) is 0.500. The van der Waals surface area contributed by atoms with Gasteiger partial charge >= 0.3 is 6.18 Å². The summed E-state index contributed by atoms with van der Waals surface area (Å²) in [4.78, 5) is 0. The minimum absolute atomic E-state index is 0.111. The van der Waals surface area contributed by atoms with Crippen LogP contribution in [0, 0.1) is 12.7 Å². The summed E-state index contributed by atoms with van der Waals surface area (Å²) in [5, 5.41) is 0. The Labute approximate surface area is 97.6 Å². The molecule has 0 fully saturated rings. The topological polar surface area (TPSA) is 26.0 Å². The Morgan fingerprint density at radius 3 is 2.47 bits per heavy atom. The quantitative estimate of drug-likeness (QED) is 0.814. The molecule has 0 amide bonds. The van der Waals surface area contributed by atoms with Gasteiger partial charge in [0.1, 0.15) is 5.82 Å². The van der Waals surface area contributed by atoms with Gasteiger partial charge in [-0.25, -0.2) is 4.39 Å². The summed E-state index contributed by atoms with van der Waals surface area (Å²) >= 11 is 0. The van der Waals surface area contributed by atoms with Crippen LogP contribution in [-0.2, 0) is 6.42 Å². The third-order valence-electron chi connectivity index (χ3n) is 2.59. The van der Waals surface area contributed by atoms with Gasteiger partial charge in [0.05, 0.1) is 0 Å². The normalized spacial score (nSPS) is 13.8. The van der Waals surface area contributed by atoms with Gasteiger partial charge in [-0.2, -0.15) is 13.2 Å². The van der Waals surface area contributed by atoms with Crippen molar-refractivity contribution in [2.45, 2.75) is 38.4 Å². The van der Waals surface area contributed by atoms with Gasteiger partial charge in [0.2, 0.25) is 0 Å². The highest BCUT2D eigenvalue weighted by Crippen LogP contribution is 2.23. The monoisotopic (exact) mass is 249 g/mol. The molecule has 0 aromatic heterocycles. The molecule has 0 aliphatic rings. The highest BCUT2D eigenvalue weighted by molar-refractivity contribution is 5.27. The zero-order valence-corrected chi connectivity index (χ0v) is 9.52. The molecule has 1 rings (SSSR count). The standard InChI is InChI=1S/C12H15F4N/c1-8-6-10(13)3-2-9(8)7-11(17)4-5-12(14,15)16/h2-3,6,11H,4-5,7,17H2,1H3. The van der Waals surface area contributed by atoms with Crippen molar-refractivity contribution in [3.05, 3.63) is 35.1 Å². The molecular weight excluding hydrogens is 234 g/mol. The predicted octanol–water partition coefficient (Wildman–Crippen LogP) is 3.35. The van der Waals surface area contributed by atoms with Gasteiger partial charge in [0, 0.05) is 12.5 Å². The number of alkyl halides is 3. The second kappa shape index (κ2) is 5.49. The lowest BCUT2D eigenvalue weighted by atomic mass is 9.99. The van der Waals surface area contributed by atoms with Gasteiger partial charge in [0.25, 0.3) is 0 Å². The molecule has 1 nitrogen and oxygen atoms in total. The van der Waals surface area contributed by atoms with Gasteiger partial charge in [0.15, 0.2) is 0 Å². The highest BCUT2D eigenvalue weighted by Gasteiger charge is 2.27. The number of aryl methyl sites for hydroxylation is 1. The Kier molecular flexibility index (Phi) is 4.51. The number of rotatable bonds is 4. The zero-order valence-electron chi connectivity index (χ0n) is 9.52. The first-order valence-corrected chi connectivity index (χ1v) is 5.35. The average Bonchev–Trinajstić information content (AvgIpc) is 2.18. The van der Waals surface area contributed by atoms with Gasteiger partial charge in [-0.05, 0) is 43.0 Å². The molecule has 17 heavy (non-hydrogen) atoms. The number of nitrogens with two attached hydrogens (primary N) is 1. The Hall–Kier alpha value is -1.10. The molecule has 1 aromatic carbocycles. The van der Waals surface area contributed by atoms with Crippen LogP contribution in [0.15, 0.2) is 18.2 Å². The molecule has 0 aliphatic carbocycles. The van der Waals surface area contributed by atoms with Crippen LogP contribution in [0.3, 0.4) is 0 Å². The van der Waals surface area contributed by atoms with Crippen LogP contribution in [0.25, 0.3) is 0 Å². The SMILES string of the molecule is Cc1cc(F)ccc1CC(N)CCC(F)(F)F. The summed E-state index contributed by atoms with van der Waals surface area (Å²) in [5.41, 5.74) is 7.13. The van der Waals surface area contributed by atoms with E-state index in [2.05, 4.69) is 0 Å². The van der Waals surface area contributed by atoms with Crippen molar-refractivity contribution in [2.75, 3.05) is 0 Å². The van der Waals surface area contributed by atoms with E-state index in [-0.39, 0.29) is 12.2 Å². The van der Waals surface area contributed by atoms with E-state index < -0.39 is 18.6 Å². The number of benzene rings is 1. The van der Waals surface area contributed by atoms with E-state index >= 15 is 0 Å². The summed E-state index contributed by atoms with van der Waals surface area (Å²) in [6.07, 6.45) is -4.83. The minimum Gasteiger partial charge on any atom is -0.327 e. The van der Waals surface area contributed by atoms with Crippen molar-refractivity contribution in [3.63, 3.8) is 0 Å². The van der Waals surface area contributed by atoms with E-state index in [4.69, 9.17) is 5.73 Å². The van der Waals surface area contributed by atoms with E-state index in [1.165, 1.54) is 12.1 Å². The van der Waals surface area contributed by atoms with Gasteiger partial charge < -0.3 is 5.73 Å². The van der Waals surface area contributed by atoms with Crippen molar-refractivity contribution in [2.24, 2.45) is 5.73 Å².